The van der Waals surface area contributed by atoms with Gasteiger partial charge in [-0.05, 0) is 42.3 Å². The zero-order valence-corrected chi connectivity index (χ0v) is 16.3. The number of rotatable bonds is 8. The summed E-state index contributed by atoms with van der Waals surface area (Å²) in [6.45, 7) is 2.23. The van der Waals surface area contributed by atoms with Gasteiger partial charge in [-0.1, -0.05) is 60.7 Å². The fourth-order valence-corrected chi connectivity index (χ4v) is 3.02. The van der Waals surface area contributed by atoms with E-state index in [1.165, 1.54) is 0 Å². The van der Waals surface area contributed by atoms with Crippen molar-refractivity contribution in [1.29, 1.82) is 0 Å². The SMILES string of the molecule is CCOC(=O)c1ccc(NC(=O)CNC(c2ccccc2)c2ccccc2)cc1. The monoisotopic (exact) mass is 388 g/mol. The van der Waals surface area contributed by atoms with E-state index in [-0.39, 0.29) is 24.5 Å². The van der Waals surface area contributed by atoms with Gasteiger partial charge in [0.2, 0.25) is 5.91 Å². The van der Waals surface area contributed by atoms with Crippen LogP contribution in [0.25, 0.3) is 0 Å². The van der Waals surface area contributed by atoms with E-state index >= 15 is 0 Å². The van der Waals surface area contributed by atoms with Gasteiger partial charge in [-0.15, -0.1) is 0 Å². The Hall–Kier alpha value is -3.44. The van der Waals surface area contributed by atoms with E-state index in [4.69, 9.17) is 4.74 Å². The van der Waals surface area contributed by atoms with Gasteiger partial charge in [0.1, 0.15) is 0 Å². The van der Waals surface area contributed by atoms with Gasteiger partial charge < -0.3 is 10.1 Å². The average molecular weight is 388 g/mol. The molecule has 0 radical (unpaired) electrons. The van der Waals surface area contributed by atoms with Gasteiger partial charge >= 0.3 is 5.97 Å². The standard InChI is InChI=1S/C24H24N2O3/c1-2-29-24(28)20-13-15-21(16-14-20)26-22(27)17-25-23(18-9-5-3-6-10-18)19-11-7-4-8-12-19/h3-16,23,25H,2,17H2,1H3,(H,26,27). The summed E-state index contributed by atoms with van der Waals surface area (Å²) in [6, 6.07) is 26.6. The first-order valence-electron chi connectivity index (χ1n) is 9.57. The van der Waals surface area contributed by atoms with Crippen molar-refractivity contribution in [2.45, 2.75) is 13.0 Å². The van der Waals surface area contributed by atoms with Gasteiger partial charge in [0.15, 0.2) is 0 Å². The van der Waals surface area contributed by atoms with E-state index < -0.39 is 0 Å². The Morgan fingerprint density at radius 1 is 0.828 bits per heavy atom. The van der Waals surface area contributed by atoms with Gasteiger partial charge in [-0.25, -0.2) is 4.79 Å². The van der Waals surface area contributed by atoms with Gasteiger partial charge in [-0.2, -0.15) is 0 Å². The highest BCUT2D eigenvalue weighted by Gasteiger charge is 2.15. The molecule has 0 aliphatic rings. The van der Waals surface area contributed by atoms with Crippen LogP contribution < -0.4 is 10.6 Å². The van der Waals surface area contributed by atoms with Crippen LogP contribution in [0.4, 0.5) is 5.69 Å². The number of hydrogen-bond acceptors (Lipinski definition) is 4. The van der Waals surface area contributed by atoms with E-state index in [0.717, 1.165) is 11.1 Å². The summed E-state index contributed by atoms with van der Waals surface area (Å²) >= 11 is 0. The van der Waals surface area contributed by atoms with Crippen molar-refractivity contribution in [2.75, 3.05) is 18.5 Å². The van der Waals surface area contributed by atoms with Gasteiger partial charge in [-0.3, -0.25) is 10.1 Å². The molecule has 0 heterocycles. The largest absolute Gasteiger partial charge is 0.462 e. The van der Waals surface area contributed by atoms with Crippen molar-refractivity contribution in [2.24, 2.45) is 0 Å². The number of esters is 1. The van der Waals surface area contributed by atoms with Crippen molar-refractivity contribution >= 4 is 17.6 Å². The molecule has 0 fully saturated rings. The predicted octanol–water partition coefficient (Wildman–Crippen LogP) is 4.18. The molecule has 0 aromatic heterocycles. The molecule has 29 heavy (non-hydrogen) atoms. The van der Waals surface area contributed by atoms with Crippen LogP contribution in [0, 0.1) is 0 Å². The fraction of sp³-hybridized carbons (Fsp3) is 0.167. The molecule has 0 aliphatic heterocycles. The third-order valence-electron chi connectivity index (χ3n) is 4.41. The minimum absolute atomic E-state index is 0.0886. The van der Waals surface area contributed by atoms with E-state index in [9.17, 15) is 9.59 Å². The van der Waals surface area contributed by atoms with E-state index in [1.807, 2.05) is 60.7 Å². The number of ether oxygens (including phenoxy) is 1. The van der Waals surface area contributed by atoms with Crippen molar-refractivity contribution in [1.82, 2.24) is 5.32 Å². The maximum atomic E-state index is 12.4. The van der Waals surface area contributed by atoms with E-state index in [0.29, 0.717) is 17.9 Å². The third-order valence-corrected chi connectivity index (χ3v) is 4.41. The molecule has 148 valence electrons. The highest BCUT2D eigenvalue weighted by atomic mass is 16.5. The van der Waals surface area contributed by atoms with Crippen molar-refractivity contribution in [3.8, 4) is 0 Å². The molecular weight excluding hydrogens is 364 g/mol. The van der Waals surface area contributed by atoms with Crippen molar-refractivity contribution < 1.29 is 14.3 Å². The first-order chi connectivity index (χ1) is 14.2. The van der Waals surface area contributed by atoms with Crippen LogP contribution in [-0.4, -0.2) is 25.0 Å². The Kier molecular flexibility index (Phi) is 7.14. The highest BCUT2D eigenvalue weighted by molar-refractivity contribution is 5.94. The van der Waals surface area contributed by atoms with Crippen molar-refractivity contribution in [3.05, 3.63) is 102 Å². The molecule has 3 rings (SSSR count). The lowest BCUT2D eigenvalue weighted by molar-refractivity contribution is -0.115. The maximum absolute atomic E-state index is 12.4. The summed E-state index contributed by atoms with van der Waals surface area (Å²) in [7, 11) is 0. The Morgan fingerprint density at radius 2 is 1.38 bits per heavy atom. The average Bonchev–Trinajstić information content (AvgIpc) is 2.76. The van der Waals surface area contributed by atoms with E-state index in [2.05, 4.69) is 10.6 Å². The zero-order chi connectivity index (χ0) is 20.5. The highest BCUT2D eigenvalue weighted by Crippen LogP contribution is 2.21. The molecule has 0 spiro atoms. The third kappa shape index (κ3) is 5.77. The van der Waals surface area contributed by atoms with Crippen LogP contribution >= 0.6 is 0 Å². The number of hydrogen-bond donors (Lipinski definition) is 2. The first-order valence-corrected chi connectivity index (χ1v) is 9.57. The topological polar surface area (TPSA) is 67.4 Å². The summed E-state index contributed by atoms with van der Waals surface area (Å²) in [5.41, 5.74) is 3.26. The number of nitrogens with one attached hydrogen (secondary N) is 2. The molecule has 0 unspecified atom stereocenters. The molecule has 0 aliphatic carbocycles. The zero-order valence-electron chi connectivity index (χ0n) is 16.3. The van der Waals surface area contributed by atoms with Crippen LogP contribution in [0.1, 0.15) is 34.5 Å². The quantitative estimate of drug-likeness (QED) is 0.568. The smallest absolute Gasteiger partial charge is 0.338 e. The molecular formula is C24H24N2O3. The Morgan fingerprint density at radius 3 is 1.90 bits per heavy atom. The van der Waals surface area contributed by atoms with Gasteiger partial charge in [0.05, 0.1) is 24.8 Å². The first kappa shape index (κ1) is 20.3. The maximum Gasteiger partial charge on any atom is 0.338 e. The number of carbonyl (C=O) groups excluding carboxylic acids is 2. The Balaban J connectivity index is 1.62. The van der Waals surface area contributed by atoms with Gasteiger partial charge in [0, 0.05) is 5.69 Å². The summed E-state index contributed by atoms with van der Waals surface area (Å²) in [5, 5.41) is 6.18. The molecule has 0 atom stereocenters. The second-order valence-electron chi connectivity index (χ2n) is 6.48. The molecule has 0 saturated heterocycles. The summed E-state index contributed by atoms with van der Waals surface area (Å²) in [4.78, 5) is 24.1. The number of amides is 1. The fourth-order valence-electron chi connectivity index (χ4n) is 3.02. The lowest BCUT2D eigenvalue weighted by Crippen LogP contribution is -2.31. The van der Waals surface area contributed by atoms with E-state index in [1.54, 1.807) is 31.2 Å². The normalized spacial score (nSPS) is 10.6. The molecule has 3 aromatic rings. The van der Waals surface area contributed by atoms with Crippen LogP contribution in [0.5, 0.6) is 0 Å². The molecule has 5 heteroatoms. The second kappa shape index (κ2) is 10.2. The minimum Gasteiger partial charge on any atom is -0.462 e. The predicted molar refractivity (Wildman–Crippen MR) is 114 cm³/mol. The van der Waals surface area contributed by atoms with Crippen LogP contribution in [-0.2, 0) is 9.53 Å². The minimum atomic E-state index is -0.374. The summed E-state index contributed by atoms with van der Waals surface area (Å²) in [5.74, 6) is -0.536. The molecule has 0 bridgehead atoms. The molecule has 5 nitrogen and oxygen atoms in total. The number of benzene rings is 3. The molecule has 3 aromatic carbocycles. The van der Waals surface area contributed by atoms with Gasteiger partial charge in [0.25, 0.3) is 0 Å². The second-order valence-corrected chi connectivity index (χ2v) is 6.48. The van der Waals surface area contributed by atoms with Crippen LogP contribution in [0.2, 0.25) is 0 Å². The Bertz CT molecular complexity index is 886. The Labute approximate surface area is 170 Å². The van der Waals surface area contributed by atoms with Crippen molar-refractivity contribution in [3.63, 3.8) is 0 Å². The summed E-state index contributed by atoms with van der Waals surface area (Å²) in [6.07, 6.45) is 0. The lowest BCUT2D eigenvalue weighted by atomic mass is 9.99. The summed E-state index contributed by atoms with van der Waals surface area (Å²) < 4.78 is 4.96. The molecule has 2 N–H and O–H groups in total. The lowest BCUT2D eigenvalue weighted by Gasteiger charge is -2.19. The van der Waals surface area contributed by atoms with Crippen LogP contribution in [0.3, 0.4) is 0 Å². The van der Waals surface area contributed by atoms with Crippen LogP contribution in [0.15, 0.2) is 84.9 Å². The number of anilines is 1. The number of carbonyl (C=O) groups is 2. The molecule has 0 saturated carbocycles. The molecule has 1 amide bonds.